The zero-order valence-electron chi connectivity index (χ0n) is 13.8. The van der Waals surface area contributed by atoms with E-state index in [1.807, 2.05) is 0 Å². The first-order valence-corrected chi connectivity index (χ1v) is 7.65. The van der Waals surface area contributed by atoms with E-state index in [9.17, 15) is 24.8 Å². The monoisotopic (exact) mass is 357 g/mol. The number of carbonyl (C=O) groups is 2. The molecule has 0 atom stereocenters. The van der Waals surface area contributed by atoms with Crippen molar-refractivity contribution in [3.05, 3.63) is 52.6 Å². The number of non-ortho nitro benzene ring substituents is 1. The summed E-state index contributed by atoms with van der Waals surface area (Å²) >= 11 is 0. The number of rotatable bonds is 4. The highest BCUT2D eigenvalue weighted by Gasteiger charge is 2.28. The molecule has 1 heterocycles. The molecular weight excluding hydrogens is 342 g/mol. The number of phenolic OH excluding ortho intramolecular Hbond substituents is 1. The summed E-state index contributed by atoms with van der Waals surface area (Å²) in [5.74, 6) is -0.757. The minimum atomic E-state index is -0.599. The summed E-state index contributed by atoms with van der Waals surface area (Å²) in [5, 5.41) is 20.2. The van der Waals surface area contributed by atoms with Gasteiger partial charge in [-0.25, -0.2) is 4.79 Å². The van der Waals surface area contributed by atoms with Crippen molar-refractivity contribution in [2.24, 2.45) is 0 Å². The first kappa shape index (κ1) is 17.2. The standard InChI is InChI=1S/C17H15N3O6/c1-18(11-2-5-13(21)6-3-11)16(22)9-19-10-17(23)26-15-8-12(20(24)25)4-7-14(15)19/h2-8,21H,9-10H2,1H3. The third-order valence-corrected chi connectivity index (χ3v) is 3.98. The molecule has 0 spiro atoms. The van der Waals surface area contributed by atoms with Gasteiger partial charge in [-0.1, -0.05) is 0 Å². The first-order valence-electron chi connectivity index (χ1n) is 7.65. The van der Waals surface area contributed by atoms with Crippen LogP contribution in [0.3, 0.4) is 0 Å². The molecule has 9 heteroatoms. The van der Waals surface area contributed by atoms with Gasteiger partial charge in [0.05, 0.1) is 23.2 Å². The van der Waals surface area contributed by atoms with Crippen LogP contribution in [0, 0.1) is 10.1 Å². The van der Waals surface area contributed by atoms with E-state index in [0.29, 0.717) is 11.4 Å². The average Bonchev–Trinajstić information content (AvgIpc) is 2.61. The summed E-state index contributed by atoms with van der Waals surface area (Å²) in [7, 11) is 1.58. The lowest BCUT2D eigenvalue weighted by molar-refractivity contribution is -0.384. The molecule has 2 aromatic carbocycles. The lowest BCUT2D eigenvalue weighted by Gasteiger charge is -2.30. The minimum absolute atomic E-state index is 0.0514. The Morgan fingerprint density at radius 3 is 2.65 bits per heavy atom. The Morgan fingerprint density at radius 2 is 2.00 bits per heavy atom. The Hall–Kier alpha value is -3.62. The number of esters is 1. The van der Waals surface area contributed by atoms with Gasteiger partial charge in [0.25, 0.3) is 5.69 Å². The highest BCUT2D eigenvalue weighted by Crippen LogP contribution is 2.35. The summed E-state index contributed by atoms with van der Waals surface area (Å²) in [4.78, 5) is 37.5. The second-order valence-corrected chi connectivity index (χ2v) is 5.71. The summed E-state index contributed by atoms with van der Waals surface area (Å²) in [6.07, 6.45) is 0. The molecule has 0 fully saturated rings. The molecule has 1 aliphatic heterocycles. The number of nitro benzene ring substituents is 1. The zero-order chi connectivity index (χ0) is 18.8. The fourth-order valence-electron chi connectivity index (χ4n) is 2.59. The van der Waals surface area contributed by atoms with E-state index in [4.69, 9.17) is 4.74 Å². The molecule has 26 heavy (non-hydrogen) atoms. The Morgan fingerprint density at radius 1 is 1.31 bits per heavy atom. The van der Waals surface area contributed by atoms with Crippen LogP contribution in [0.2, 0.25) is 0 Å². The van der Waals surface area contributed by atoms with Gasteiger partial charge in [0.15, 0.2) is 5.75 Å². The van der Waals surface area contributed by atoms with Crippen molar-refractivity contribution in [3.63, 3.8) is 0 Å². The molecule has 0 unspecified atom stereocenters. The van der Waals surface area contributed by atoms with E-state index in [1.54, 1.807) is 19.2 Å². The molecule has 134 valence electrons. The fourth-order valence-corrected chi connectivity index (χ4v) is 2.59. The number of aromatic hydroxyl groups is 1. The number of nitro groups is 1. The number of amides is 1. The number of nitrogens with zero attached hydrogens (tertiary/aromatic N) is 3. The number of phenols is 1. The Bertz CT molecular complexity index is 881. The SMILES string of the molecule is CN(C(=O)CN1CC(=O)Oc2cc([N+](=O)[O-])ccc21)c1ccc(O)cc1. The maximum absolute atomic E-state index is 12.5. The molecule has 9 nitrogen and oxygen atoms in total. The minimum Gasteiger partial charge on any atom is -0.508 e. The van der Waals surface area contributed by atoms with Gasteiger partial charge in [-0.05, 0) is 30.3 Å². The topological polar surface area (TPSA) is 113 Å². The van der Waals surface area contributed by atoms with Gasteiger partial charge in [-0.2, -0.15) is 0 Å². The van der Waals surface area contributed by atoms with Gasteiger partial charge in [-0.3, -0.25) is 14.9 Å². The molecule has 1 N–H and O–H groups in total. The number of ether oxygens (including phenoxy) is 1. The molecule has 0 radical (unpaired) electrons. The molecule has 1 amide bonds. The lowest BCUT2D eigenvalue weighted by atomic mass is 10.2. The molecule has 0 saturated heterocycles. The molecule has 0 aliphatic carbocycles. The summed E-state index contributed by atoms with van der Waals surface area (Å²) in [6.45, 7) is -0.253. The van der Waals surface area contributed by atoms with Crippen LogP contribution in [0.4, 0.5) is 17.1 Å². The third kappa shape index (κ3) is 3.41. The van der Waals surface area contributed by atoms with E-state index >= 15 is 0 Å². The second-order valence-electron chi connectivity index (χ2n) is 5.71. The largest absolute Gasteiger partial charge is 0.508 e. The number of hydrogen-bond acceptors (Lipinski definition) is 7. The van der Waals surface area contributed by atoms with E-state index in [-0.39, 0.29) is 36.2 Å². The van der Waals surface area contributed by atoms with Gasteiger partial charge in [0.1, 0.15) is 12.3 Å². The van der Waals surface area contributed by atoms with Crippen LogP contribution in [-0.4, -0.2) is 42.0 Å². The first-order chi connectivity index (χ1) is 12.3. The number of carbonyl (C=O) groups excluding carboxylic acids is 2. The van der Waals surface area contributed by atoms with Gasteiger partial charge in [0.2, 0.25) is 5.91 Å². The highest BCUT2D eigenvalue weighted by molar-refractivity contribution is 5.98. The summed E-state index contributed by atoms with van der Waals surface area (Å²) < 4.78 is 5.06. The van der Waals surface area contributed by atoms with Crippen molar-refractivity contribution in [1.82, 2.24) is 0 Å². The lowest BCUT2D eigenvalue weighted by Crippen LogP contribution is -2.44. The van der Waals surface area contributed by atoms with Gasteiger partial charge < -0.3 is 19.6 Å². The molecule has 3 rings (SSSR count). The van der Waals surface area contributed by atoms with Crippen LogP contribution >= 0.6 is 0 Å². The number of benzene rings is 2. The summed E-state index contributed by atoms with van der Waals surface area (Å²) in [6, 6.07) is 10.0. The zero-order valence-corrected chi connectivity index (χ0v) is 13.8. The average molecular weight is 357 g/mol. The number of anilines is 2. The highest BCUT2D eigenvalue weighted by atomic mass is 16.6. The molecule has 0 aromatic heterocycles. The van der Waals surface area contributed by atoms with Crippen LogP contribution in [0.25, 0.3) is 0 Å². The van der Waals surface area contributed by atoms with Crippen LogP contribution in [0.15, 0.2) is 42.5 Å². The van der Waals surface area contributed by atoms with E-state index in [0.717, 1.165) is 6.07 Å². The van der Waals surface area contributed by atoms with Gasteiger partial charge in [0, 0.05) is 18.8 Å². The van der Waals surface area contributed by atoms with Crippen molar-refractivity contribution in [3.8, 4) is 11.5 Å². The smallest absolute Gasteiger partial charge is 0.331 e. The Kier molecular flexibility index (Phi) is 4.44. The Labute approximate surface area is 148 Å². The normalized spacial score (nSPS) is 13.0. The second kappa shape index (κ2) is 6.71. The van der Waals surface area contributed by atoms with Crippen LogP contribution in [0.1, 0.15) is 0 Å². The number of likely N-dealkylation sites (N-methyl/N-ethyl adjacent to an activating group) is 1. The van der Waals surface area contributed by atoms with E-state index < -0.39 is 10.9 Å². The predicted molar refractivity (Wildman–Crippen MR) is 92.5 cm³/mol. The Balaban J connectivity index is 1.81. The van der Waals surface area contributed by atoms with Crippen molar-refractivity contribution >= 4 is 28.9 Å². The fraction of sp³-hybridized carbons (Fsp3) is 0.176. The molecule has 0 saturated carbocycles. The van der Waals surface area contributed by atoms with Crippen molar-refractivity contribution in [2.75, 3.05) is 29.9 Å². The van der Waals surface area contributed by atoms with Gasteiger partial charge >= 0.3 is 5.97 Å². The third-order valence-electron chi connectivity index (χ3n) is 3.98. The predicted octanol–water partition coefficient (Wildman–Crippen LogP) is 1.69. The number of fused-ring (bicyclic) bond motifs is 1. The molecular formula is C17H15N3O6. The maximum Gasteiger partial charge on any atom is 0.331 e. The van der Waals surface area contributed by atoms with Crippen molar-refractivity contribution < 1.29 is 24.4 Å². The maximum atomic E-state index is 12.5. The van der Waals surface area contributed by atoms with Crippen molar-refractivity contribution in [2.45, 2.75) is 0 Å². The summed E-state index contributed by atoms with van der Waals surface area (Å²) in [5.41, 5.74) is 0.810. The number of hydrogen-bond donors (Lipinski definition) is 1. The molecule has 0 bridgehead atoms. The van der Waals surface area contributed by atoms with Crippen LogP contribution in [-0.2, 0) is 9.59 Å². The van der Waals surface area contributed by atoms with Crippen molar-refractivity contribution in [1.29, 1.82) is 0 Å². The van der Waals surface area contributed by atoms with E-state index in [1.165, 1.54) is 34.1 Å². The van der Waals surface area contributed by atoms with Gasteiger partial charge in [-0.15, -0.1) is 0 Å². The molecule has 2 aromatic rings. The van der Waals surface area contributed by atoms with E-state index in [2.05, 4.69) is 0 Å². The van der Waals surface area contributed by atoms with Crippen LogP contribution in [0.5, 0.6) is 11.5 Å². The van der Waals surface area contributed by atoms with Crippen LogP contribution < -0.4 is 14.5 Å². The quantitative estimate of drug-likeness (QED) is 0.383. The molecule has 1 aliphatic rings.